The molecule has 0 fully saturated rings. The topological polar surface area (TPSA) is 124 Å². The summed E-state index contributed by atoms with van der Waals surface area (Å²) in [6, 6.07) is 3.20. The molecular formula is C17H17Cl2N5O3. The normalized spacial score (nSPS) is 13.0. The van der Waals surface area contributed by atoms with Crippen LogP contribution in [0.4, 0.5) is 0 Å². The molecular weight excluding hydrogens is 393 g/mol. The number of aromatic nitrogens is 2. The van der Waals surface area contributed by atoms with Gasteiger partial charge in [0.2, 0.25) is 5.91 Å². The average molecular weight is 410 g/mol. The Bertz CT molecular complexity index is 935. The highest BCUT2D eigenvalue weighted by molar-refractivity contribution is 6.37. The molecule has 8 nitrogen and oxygen atoms in total. The van der Waals surface area contributed by atoms with Gasteiger partial charge in [0.15, 0.2) is 0 Å². The highest BCUT2D eigenvalue weighted by Gasteiger charge is 2.34. The molecule has 0 bridgehead atoms. The number of methoxy groups -OCH3 is 1. The Hall–Kier alpha value is -2.42. The zero-order valence-electron chi connectivity index (χ0n) is 14.5. The van der Waals surface area contributed by atoms with Crippen LogP contribution in [0.15, 0.2) is 12.1 Å². The minimum absolute atomic E-state index is 0.149. The third-order valence-electron chi connectivity index (χ3n) is 4.10. The fraction of sp³-hybridized carbons (Fsp3) is 0.294. The Morgan fingerprint density at radius 1 is 1.26 bits per heavy atom. The summed E-state index contributed by atoms with van der Waals surface area (Å²) >= 11 is 12.5. The van der Waals surface area contributed by atoms with E-state index in [0.29, 0.717) is 51.4 Å². The van der Waals surface area contributed by atoms with Gasteiger partial charge in [0.1, 0.15) is 23.8 Å². The summed E-state index contributed by atoms with van der Waals surface area (Å²) in [4.78, 5) is 34.1. The zero-order valence-corrected chi connectivity index (χ0v) is 16.0. The molecule has 2 aromatic rings. The molecule has 1 aliphatic heterocycles. The number of halogens is 2. The maximum Gasteiger partial charge on any atom is 0.273 e. The Morgan fingerprint density at radius 2 is 1.96 bits per heavy atom. The highest BCUT2D eigenvalue weighted by Crippen LogP contribution is 2.39. The molecule has 1 aromatic carbocycles. The number of primary amides is 1. The summed E-state index contributed by atoms with van der Waals surface area (Å²) in [5.41, 5.74) is 12.7. The van der Waals surface area contributed by atoms with Crippen LogP contribution in [0.25, 0.3) is 11.3 Å². The fourth-order valence-corrected chi connectivity index (χ4v) is 3.47. The molecule has 27 heavy (non-hydrogen) atoms. The predicted octanol–water partition coefficient (Wildman–Crippen LogP) is 1.40. The van der Waals surface area contributed by atoms with Gasteiger partial charge in [-0.1, -0.05) is 23.2 Å². The highest BCUT2D eigenvalue weighted by atomic mass is 35.5. The Morgan fingerprint density at radius 3 is 2.59 bits per heavy atom. The molecule has 0 saturated carbocycles. The third-order valence-corrected chi connectivity index (χ3v) is 4.71. The number of amides is 2. The minimum Gasteiger partial charge on any atom is -0.495 e. The third kappa shape index (κ3) is 3.69. The van der Waals surface area contributed by atoms with Crippen LogP contribution in [0.3, 0.4) is 0 Å². The second kappa shape index (κ2) is 7.67. The summed E-state index contributed by atoms with van der Waals surface area (Å²) in [7, 11) is 1.49. The van der Waals surface area contributed by atoms with Gasteiger partial charge in [-0.2, -0.15) is 0 Å². The van der Waals surface area contributed by atoms with E-state index in [1.54, 1.807) is 12.1 Å². The summed E-state index contributed by atoms with van der Waals surface area (Å²) in [6.45, 7) is 0.254. The van der Waals surface area contributed by atoms with Crippen molar-refractivity contribution in [2.45, 2.75) is 13.0 Å². The van der Waals surface area contributed by atoms with Gasteiger partial charge in [0, 0.05) is 17.5 Å². The van der Waals surface area contributed by atoms with Crippen LogP contribution in [0.5, 0.6) is 5.75 Å². The van der Waals surface area contributed by atoms with Crippen LogP contribution in [0.2, 0.25) is 10.0 Å². The average Bonchev–Trinajstić information content (AvgIpc) is 2.91. The van der Waals surface area contributed by atoms with E-state index in [1.165, 1.54) is 12.0 Å². The Balaban J connectivity index is 2.19. The van der Waals surface area contributed by atoms with E-state index in [4.69, 9.17) is 39.4 Å². The number of rotatable bonds is 6. The van der Waals surface area contributed by atoms with Gasteiger partial charge >= 0.3 is 0 Å². The number of carbonyl (C=O) groups excluding carboxylic acids is 2. The van der Waals surface area contributed by atoms with Crippen LogP contribution in [0.1, 0.15) is 21.9 Å². The molecule has 0 radical (unpaired) electrons. The number of benzene rings is 1. The molecule has 0 atom stereocenters. The fourth-order valence-electron chi connectivity index (χ4n) is 2.92. The van der Waals surface area contributed by atoms with E-state index in [0.717, 1.165) is 0 Å². The van der Waals surface area contributed by atoms with Gasteiger partial charge < -0.3 is 21.1 Å². The van der Waals surface area contributed by atoms with Crippen molar-refractivity contribution in [1.29, 1.82) is 0 Å². The lowest BCUT2D eigenvalue weighted by molar-refractivity contribution is -0.118. The monoisotopic (exact) mass is 409 g/mol. The molecule has 4 N–H and O–H groups in total. The number of nitrogens with zero attached hydrogens (tertiary/aromatic N) is 3. The number of fused-ring (bicyclic) bond motifs is 1. The number of hydrogen-bond donors (Lipinski definition) is 2. The number of ether oxygens (including phenoxy) is 1. The van der Waals surface area contributed by atoms with Gasteiger partial charge in [-0.05, 0) is 18.7 Å². The molecule has 0 spiro atoms. The molecule has 0 saturated heterocycles. The molecule has 0 unspecified atom stereocenters. The van der Waals surface area contributed by atoms with Crippen LogP contribution in [-0.4, -0.2) is 46.9 Å². The molecule has 1 aliphatic rings. The summed E-state index contributed by atoms with van der Waals surface area (Å²) in [5.74, 6) is -0.172. The van der Waals surface area contributed by atoms with Gasteiger partial charge in [0.25, 0.3) is 5.91 Å². The van der Waals surface area contributed by atoms with Crippen LogP contribution >= 0.6 is 23.2 Å². The van der Waals surface area contributed by atoms with E-state index in [9.17, 15) is 9.59 Å². The van der Waals surface area contributed by atoms with Gasteiger partial charge in [-0.15, -0.1) is 0 Å². The van der Waals surface area contributed by atoms with Crippen LogP contribution in [-0.2, 0) is 17.8 Å². The number of nitrogens with two attached hydrogens (primary N) is 2. The predicted molar refractivity (Wildman–Crippen MR) is 101 cm³/mol. The molecule has 3 rings (SSSR count). The Kier molecular flexibility index (Phi) is 5.50. The van der Waals surface area contributed by atoms with Crippen molar-refractivity contribution >= 4 is 35.0 Å². The molecule has 2 amide bonds. The minimum atomic E-state index is -0.612. The largest absolute Gasteiger partial charge is 0.495 e. The first-order valence-electron chi connectivity index (χ1n) is 8.06. The zero-order chi connectivity index (χ0) is 19.7. The first-order valence-corrected chi connectivity index (χ1v) is 8.82. The van der Waals surface area contributed by atoms with Gasteiger partial charge in [-0.25, -0.2) is 9.97 Å². The van der Waals surface area contributed by atoms with Crippen molar-refractivity contribution in [3.63, 3.8) is 0 Å². The van der Waals surface area contributed by atoms with Crippen LogP contribution < -0.4 is 16.2 Å². The van der Waals surface area contributed by atoms with Crippen molar-refractivity contribution in [3.05, 3.63) is 39.3 Å². The number of carbonyl (C=O) groups is 2. The Labute approximate surface area is 165 Å². The van der Waals surface area contributed by atoms with E-state index >= 15 is 0 Å². The molecule has 0 aliphatic carbocycles. The van der Waals surface area contributed by atoms with E-state index in [1.807, 2.05) is 0 Å². The summed E-state index contributed by atoms with van der Waals surface area (Å²) in [5, 5.41) is 0.701. The quantitative estimate of drug-likeness (QED) is 0.742. The second-order valence-electron chi connectivity index (χ2n) is 5.95. The van der Waals surface area contributed by atoms with Crippen molar-refractivity contribution in [3.8, 4) is 17.0 Å². The van der Waals surface area contributed by atoms with Crippen molar-refractivity contribution in [2.24, 2.45) is 11.5 Å². The summed E-state index contributed by atoms with van der Waals surface area (Å²) < 4.78 is 5.26. The van der Waals surface area contributed by atoms with Gasteiger partial charge in [0.05, 0.1) is 29.4 Å². The summed E-state index contributed by atoms with van der Waals surface area (Å²) in [6.07, 6.45) is 0.381. The van der Waals surface area contributed by atoms with E-state index in [2.05, 4.69) is 9.97 Å². The van der Waals surface area contributed by atoms with E-state index < -0.39 is 5.91 Å². The van der Waals surface area contributed by atoms with Crippen molar-refractivity contribution in [1.82, 2.24) is 14.9 Å². The lowest BCUT2D eigenvalue weighted by Gasteiger charge is -2.13. The first kappa shape index (κ1) is 19.3. The van der Waals surface area contributed by atoms with Gasteiger partial charge in [-0.3, -0.25) is 9.59 Å². The molecule has 2 heterocycles. The van der Waals surface area contributed by atoms with Crippen molar-refractivity contribution < 1.29 is 14.3 Å². The molecule has 142 valence electrons. The van der Waals surface area contributed by atoms with Crippen molar-refractivity contribution in [2.75, 3.05) is 20.2 Å². The SMILES string of the molecule is COc1cc(-c2nc(CCN)nc3c2CN(CC(N)=O)C3=O)c(Cl)cc1Cl. The standard InChI is InChI=1S/C17H17Cl2N5O3/c1-27-12-4-8(10(18)5-11(12)19)15-9-6-24(7-13(21)25)17(26)16(9)23-14(22-15)2-3-20/h4-5H,2-3,6-7,20H2,1H3,(H2,21,25). The molecule has 10 heteroatoms. The second-order valence-corrected chi connectivity index (χ2v) is 6.76. The maximum absolute atomic E-state index is 12.7. The molecule has 1 aromatic heterocycles. The maximum atomic E-state index is 12.7. The first-order chi connectivity index (χ1) is 12.8. The lowest BCUT2D eigenvalue weighted by Crippen LogP contribution is -2.34. The smallest absolute Gasteiger partial charge is 0.273 e. The van der Waals surface area contributed by atoms with E-state index in [-0.39, 0.29) is 24.7 Å². The number of hydrogen-bond acceptors (Lipinski definition) is 6. The van der Waals surface area contributed by atoms with Crippen LogP contribution in [0, 0.1) is 0 Å². The lowest BCUT2D eigenvalue weighted by atomic mass is 10.0.